The maximum absolute atomic E-state index is 12.6. The van der Waals surface area contributed by atoms with E-state index in [0.717, 1.165) is 25.9 Å². The van der Waals surface area contributed by atoms with Gasteiger partial charge in [-0.3, -0.25) is 4.90 Å². The van der Waals surface area contributed by atoms with Gasteiger partial charge in [0.2, 0.25) is 0 Å². The van der Waals surface area contributed by atoms with Crippen molar-refractivity contribution in [2.45, 2.75) is 31.5 Å². The summed E-state index contributed by atoms with van der Waals surface area (Å²) in [5, 5.41) is 3.07. The van der Waals surface area contributed by atoms with Gasteiger partial charge in [0.15, 0.2) is 0 Å². The number of benzene rings is 1. The lowest BCUT2D eigenvalue weighted by atomic mass is 10.0. The number of rotatable bonds is 3. The van der Waals surface area contributed by atoms with Crippen LogP contribution in [0.3, 0.4) is 0 Å². The van der Waals surface area contributed by atoms with Crippen molar-refractivity contribution < 1.29 is 18.0 Å². The highest BCUT2D eigenvalue weighted by molar-refractivity contribution is 5.74. The number of halogens is 3. The largest absolute Gasteiger partial charge is 0.401 e. The lowest BCUT2D eigenvalue weighted by molar-refractivity contribution is -0.145. The van der Waals surface area contributed by atoms with Crippen molar-refractivity contribution in [3.8, 4) is 0 Å². The molecule has 0 radical (unpaired) electrons. The monoisotopic (exact) mass is 384 g/mol. The normalized spacial score (nSPS) is 20.4. The standard InChI is InChI=1S/C19H27F3N4O/c20-19(21,22)15-24-9-4-10-26(14-13-24)18(27)23-16-7-11-25(12-8-16)17-5-2-1-3-6-17/h1-3,5-6,16H,4,7-15H2,(H,23,27). The zero-order valence-electron chi connectivity index (χ0n) is 15.4. The number of carbonyl (C=O) groups excluding carboxylic acids is 1. The van der Waals surface area contributed by atoms with E-state index in [2.05, 4.69) is 22.3 Å². The quantitative estimate of drug-likeness (QED) is 0.871. The van der Waals surface area contributed by atoms with Crippen molar-refractivity contribution in [1.82, 2.24) is 15.1 Å². The highest BCUT2D eigenvalue weighted by atomic mass is 19.4. The molecule has 2 fully saturated rings. The molecule has 0 aliphatic carbocycles. The summed E-state index contributed by atoms with van der Waals surface area (Å²) in [4.78, 5) is 17.9. The number of nitrogens with zero attached hydrogens (tertiary/aromatic N) is 3. The minimum atomic E-state index is -4.19. The second-order valence-corrected chi connectivity index (χ2v) is 7.28. The van der Waals surface area contributed by atoms with Gasteiger partial charge in [-0.05, 0) is 31.4 Å². The SMILES string of the molecule is O=C(NC1CCN(c2ccccc2)CC1)N1CCCN(CC(F)(F)F)CC1. The van der Waals surface area contributed by atoms with Crippen molar-refractivity contribution in [1.29, 1.82) is 0 Å². The molecule has 0 saturated carbocycles. The highest BCUT2D eigenvalue weighted by Gasteiger charge is 2.32. The summed E-state index contributed by atoms with van der Waals surface area (Å²) in [5.74, 6) is 0. The van der Waals surface area contributed by atoms with Gasteiger partial charge in [0, 0.05) is 51.0 Å². The number of anilines is 1. The number of carbonyl (C=O) groups is 1. The summed E-state index contributed by atoms with van der Waals surface area (Å²) in [5.41, 5.74) is 1.19. The minimum Gasteiger partial charge on any atom is -0.371 e. The number of alkyl halides is 3. The Balaban J connectivity index is 1.43. The van der Waals surface area contributed by atoms with E-state index in [1.54, 1.807) is 4.90 Å². The molecule has 0 unspecified atom stereocenters. The van der Waals surface area contributed by atoms with Crippen LogP contribution < -0.4 is 10.2 Å². The first-order chi connectivity index (χ1) is 12.9. The molecule has 0 aromatic heterocycles. The molecule has 3 rings (SSSR count). The van der Waals surface area contributed by atoms with Crippen LogP contribution >= 0.6 is 0 Å². The second kappa shape index (κ2) is 8.82. The van der Waals surface area contributed by atoms with Crippen LogP contribution in [0, 0.1) is 0 Å². The molecule has 0 bridgehead atoms. The van der Waals surface area contributed by atoms with Gasteiger partial charge in [0.25, 0.3) is 0 Å². The molecular formula is C19H27F3N4O. The summed E-state index contributed by atoms with van der Waals surface area (Å²) in [7, 11) is 0. The molecule has 1 aromatic rings. The molecule has 0 atom stereocenters. The van der Waals surface area contributed by atoms with Crippen molar-refractivity contribution in [3.05, 3.63) is 30.3 Å². The molecule has 2 amide bonds. The van der Waals surface area contributed by atoms with Gasteiger partial charge in [-0.15, -0.1) is 0 Å². The van der Waals surface area contributed by atoms with Crippen LogP contribution in [0.4, 0.5) is 23.7 Å². The second-order valence-electron chi connectivity index (χ2n) is 7.28. The molecule has 8 heteroatoms. The number of amides is 2. The van der Waals surface area contributed by atoms with Crippen LogP contribution in [-0.4, -0.2) is 73.9 Å². The average molecular weight is 384 g/mol. The number of nitrogens with one attached hydrogen (secondary N) is 1. The van der Waals surface area contributed by atoms with E-state index in [1.807, 2.05) is 18.2 Å². The van der Waals surface area contributed by atoms with Gasteiger partial charge in [0.05, 0.1) is 6.54 Å². The molecule has 1 N–H and O–H groups in total. The fraction of sp³-hybridized carbons (Fsp3) is 0.632. The lowest BCUT2D eigenvalue weighted by Gasteiger charge is -2.35. The topological polar surface area (TPSA) is 38.8 Å². The summed E-state index contributed by atoms with van der Waals surface area (Å²) in [6.07, 6.45) is -1.89. The molecule has 0 spiro atoms. The fourth-order valence-electron chi connectivity index (χ4n) is 3.77. The first-order valence-electron chi connectivity index (χ1n) is 9.55. The zero-order chi connectivity index (χ0) is 19.3. The van der Waals surface area contributed by atoms with E-state index in [9.17, 15) is 18.0 Å². The van der Waals surface area contributed by atoms with Crippen molar-refractivity contribution in [2.75, 3.05) is 50.7 Å². The molecule has 27 heavy (non-hydrogen) atoms. The third-order valence-electron chi connectivity index (χ3n) is 5.22. The van der Waals surface area contributed by atoms with E-state index in [0.29, 0.717) is 26.1 Å². The van der Waals surface area contributed by atoms with Gasteiger partial charge in [0.1, 0.15) is 0 Å². The summed E-state index contributed by atoms with van der Waals surface area (Å²) < 4.78 is 37.7. The van der Waals surface area contributed by atoms with Gasteiger partial charge in [-0.25, -0.2) is 4.79 Å². The molecule has 2 saturated heterocycles. The smallest absolute Gasteiger partial charge is 0.371 e. The summed E-state index contributed by atoms with van der Waals surface area (Å²) in [6.45, 7) is 2.34. The first kappa shape index (κ1) is 19.8. The Labute approximate surface area is 158 Å². The van der Waals surface area contributed by atoms with E-state index < -0.39 is 12.7 Å². The Morgan fingerprint density at radius 3 is 2.37 bits per heavy atom. The molecular weight excluding hydrogens is 357 g/mol. The minimum absolute atomic E-state index is 0.118. The predicted molar refractivity (Wildman–Crippen MR) is 98.9 cm³/mol. The third kappa shape index (κ3) is 6.02. The van der Waals surface area contributed by atoms with Crippen LogP contribution in [0.25, 0.3) is 0 Å². The summed E-state index contributed by atoms with van der Waals surface area (Å²) >= 11 is 0. The van der Waals surface area contributed by atoms with E-state index in [-0.39, 0.29) is 18.6 Å². The average Bonchev–Trinajstić information content (AvgIpc) is 2.87. The Bertz CT molecular complexity index is 603. The van der Waals surface area contributed by atoms with Crippen molar-refractivity contribution in [2.24, 2.45) is 0 Å². The fourth-order valence-corrected chi connectivity index (χ4v) is 3.77. The van der Waals surface area contributed by atoms with E-state index in [4.69, 9.17) is 0 Å². The Morgan fingerprint density at radius 1 is 1.00 bits per heavy atom. The molecule has 2 aliphatic rings. The van der Waals surface area contributed by atoms with Gasteiger partial charge in [-0.2, -0.15) is 13.2 Å². The highest BCUT2D eigenvalue weighted by Crippen LogP contribution is 2.20. The molecule has 2 heterocycles. The van der Waals surface area contributed by atoms with Crippen LogP contribution in [-0.2, 0) is 0 Å². The first-order valence-corrected chi connectivity index (χ1v) is 9.55. The Morgan fingerprint density at radius 2 is 1.70 bits per heavy atom. The number of hydrogen-bond acceptors (Lipinski definition) is 3. The van der Waals surface area contributed by atoms with Crippen LogP contribution in [0.15, 0.2) is 30.3 Å². The number of urea groups is 1. The van der Waals surface area contributed by atoms with Crippen molar-refractivity contribution >= 4 is 11.7 Å². The van der Waals surface area contributed by atoms with E-state index in [1.165, 1.54) is 10.6 Å². The lowest BCUT2D eigenvalue weighted by Crippen LogP contribution is -2.50. The Kier molecular flexibility index (Phi) is 6.46. The van der Waals surface area contributed by atoms with Crippen LogP contribution in [0.1, 0.15) is 19.3 Å². The van der Waals surface area contributed by atoms with Crippen molar-refractivity contribution in [3.63, 3.8) is 0 Å². The van der Waals surface area contributed by atoms with Crippen LogP contribution in [0.5, 0.6) is 0 Å². The molecule has 5 nitrogen and oxygen atoms in total. The van der Waals surface area contributed by atoms with Crippen LogP contribution in [0.2, 0.25) is 0 Å². The number of para-hydroxylation sites is 1. The van der Waals surface area contributed by atoms with Gasteiger partial charge in [-0.1, -0.05) is 18.2 Å². The third-order valence-corrected chi connectivity index (χ3v) is 5.22. The van der Waals surface area contributed by atoms with Gasteiger partial charge >= 0.3 is 12.2 Å². The zero-order valence-corrected chi connectivity index (χ0v) is 15.4. The number of hydrogen-bond donors (Lipinski definition) is 1. The maximum Gasteiger partial charge on any atom is 0.401 e. The predicted octanol–water partition coefficient (Wildman–Crippen LogP) is 2.94. The number of piperidine rings is 1. The van der Waals surface area contributed by atoms with Gasteiger partial charge < -0.3 is 15.1 Å². The van der Waals surface area contributed by atoms with E-state index >= 15 is 0 Å². The molecule has 2 aliphatic heterocycles. The molecule has 1 aromatic carbocycles. The Hall–Kier alpha value is -1.96. The maximum atomic E-state index is 12.6. The molecule has 150 valence electrons. The summed E-state index contributed by atoms with van der Waals surface area (Å²) in [6, 6.07) is 10.2.